The Morgan fingerprint density at radius 2 is 1.94 bits per heavy atom. The van der Waals surface area contributed by atoms with Crippen LogP contribution < -0.4 is 10.2 Å². The summed E-state index contributed by atoms with van der Waals surface area (Å²) in [6.45, 7) is 4.62. The van der Waals surface area contributed by atoms with Crippen LogP contribution in [0.3, 0.4) is 0 Å². The van der Waals surface area contributed by atoms with Gasteiger partial charge in [-0.15, -0.1) is 11.3 Å². The molecule has 0 bridgehead atoms. The van der Waals surface area contributed by atoms with Gasteiger partial charge >= 0.3 is 12.2 Å². The van der Waals surface area contributed by atoms with Gasteiger partial charge in [0, 0.05) is 18.3 Å². The van der Waals surface area contributed by atoms with Crippen LogP contribution in [-0.2, 0) is 22.3 Å². The maximum Gasteiger partial charge on any atom is 0.417 e. The van der Waals surface area contributed by atoms with Crippen LogP contribution in [0.2, 0.25) is 5.15 Å². The van der Waals surface area contributed by atoms with Crippen LogP contribution in [0, 0.1) is 0 Å². The zero-order valence-electron chi connectivity index (χ0n) is 16.7. The number of alkyl halides is 3. The van der Waals surface area contributed by atoms with E-state index in [-0.39, 0.29) is 34.8 Å². The molecule has 12 heteroatoms. The largest absolute Gasteiger partial charge is 0.417 e. The predicted molar refractivity (Wildman–Crippen MR) is 110 cm³/mol. The van der Waals surface area contributed by atoms with E-state index in [4.69, 9.17) is 11.6 Å². The van der Waals surface area contributed by atoms with Crippen LogP contribution in [0.4, 0.5) is 28.8 Å². The third kappa shape index (κ3) is 4.52. The molecule has 7 nitrogen and oxygen atoms in total. The van der Waals surface area contributed by atoms with Crippen molar-refractivity contribution in [1.82, 2.24) is 9.88 Å². The molecule has 1 aliphatic rings. The van der Waals surface area contributed by atoms with Crippen LogP contribution >= 0.6 is 22.9 Å². The highest BCUT2D eigenvalue weighted by Crippen LogP contribution is 2.40. The minimum Gasteiger partial charge on any atom is -0.311 e. The van der Waals surface area contributed by atoms with Gasteiger partial charge in [-0.1, -0.05) is 18.5 Å². The van der Waals surface area contributed by atoms with Crippen molar-refractivity contribution in [2.24, 2.45) is 0 Å². The predicted octanol–water partition coefficient (Wildman–Crippen LogP) is 4.91. The number of carbonyl (C=O) groups excluding carboxylic acids is 3. The summed E-state index contributed by atoms with van der Waals surface area (Å²) in [5.41, 5.74) is -1.76. The lowest BCUT2D eigenvalue weighted by atomic mass is 10.0. The Balaban J connectivity index is 1.90. The summed E-state index contributed by atoms with van der Waals surface area (Å²) in [6.07, 6.45) is -4.35. The number of anilines is 2. The maximum atomic E-state index is 13.0. The molecule has 31 heavy (non-hydrogen) atoms. The number of nitrogens with one attached hydrogen (secondary N) is 1. The normalized spacial score (nSPS) is 16.2. The summed E-state index contributed by atoms with van der Waals surface area (Å²) in [7, 11) is 0. The Labute approximate surface area is 184 Å². The van der Waals surface area contributed by atoms with Crippen molar-refractivity contribution in [2.75, 3.05) is 10.2 Å². The van der Waals surface area contributed by atoms with Crippen molar-refractivity contribution in [3.05, 3.63) is 39.9 Å². The second-order valence-corrected chi connectivity index (χ2v) is 8.60. The fraction of sp³-hybridized carbons (Fsp3) is 0.368. The van der Waals surface area contributed by atoms with Crippen molar-refractivity contribution < 1.29 is 27.6 Å². The molecule has 3 heterocycles. The lowest BCUT2D eigenvalue weighted by Crippen LogP contribution is -2.43. The summed E-state index contributed by atoms with van der Waals surface area (Å²) < 4.78 is 38.8. The van der Waals surface area contributed by atoms with E-state index < -0.39 is 29.2 Å². The number of amides is 4. The zero-order valence-corrected chi connectivity index (χ0v) is 18.3. The van der Waals surface area contributed by atoms with Crippen molar-refractivity contribution in [1.29, 1.82) is 0 Å². The molecular formula is C19H18ClF3N4O3S. The van der Waals surface area contributed by atoms with E-state index in [0.29, 0.717) is 16.9 Å². The highest BCUT2D eigenvalue weighted by Gasteiger charge is 2.52. The number of aromatic nitrogens is 1. The number of hydrogen-bond acceptors (Lipinski definition) is 5. The first-order chi connectivity index (χ1) is 14.3. The molecule has 1 saturated heterocycles. The van der Waals surface area contributed by atoms with E-state index in [1.807, 2.05) is 0 Å². The lowest BCUT2D eigenvalue weighted by molar-refractivity contribution is -0.137. The summed E-state index contributed by atoms with van der Waals surface area (Å²) >= 11 is 6.68. The van der Waals surface area contributed by atoms with Gasteiger partial charge in [0.25, 0.3) is 5.91 Å². The molecular weight excluding hydrogens is 457 g/mol. The molecule has 0 aliphatic carbocycles. The third-order valence-corrected chi connectivity index (χ3v) is 5.85. The van der Waals surface area contributed by atoms with Crippen LogP contribution in [0.1, 0.15) is 38.3 Å². The molecule has 3 rings (SSSR count). The highest BCUT2D eigenvalue weighted by atomic mass is 35.5. The van der Waals surface area contributed by atoms with E-state index >= 15 is 0 Å². The molecule has 0 saturated carbocycles. The molecule has 4 amide bonds. The van der Waals surface area contributed by atoms with Crippen molar-refractivity contribution in [2.45, 2.75) is 45.5 Å². The molecule has 1 fully saturated rings. The number of thiophene rings is 1. The number of rotatable bonds is 5. The first kappa shape index (κ1) is 23.0. The summed E-state index contributed by atoms with van der Waals surface area (Å²) in [5, 5.41) is 3.39. The number of pyridine rings is 1. The summed E-state index contributed by atoms with van der Waals surface area (Å²) in [4.78, 5) is 43.6. The van der Waals surface area contributed by atoms with Crippen LogP contribution in [-0.4, -0.2) is 33.3 Å². The molecule has 0 unspecified atom stereocenters. The van der Waals surface area contributed by atoms with Gasteiger partial charge in [-0.3, -0.25) is 9.59 Å². The second kappa shape index (κ2) is 8.12. The number of urea groups is 1. The molecule has 2 aromatic heterocycles. The summed E-state index contributed by atoms with van der Waals surface area (Å²) in [6, 6.07) is 3.02. The van der Waals surface area contributed by atoms with Gasteiger partial charge in [-0.2, -0.15) is 13.2 Å². The van der Waals surface area contributed by atoms with E-state index in [1.165, 1.54) is 30.9 Å². The standard InChI is InChI=1S/C19H18ClF3N4O3S/c1-4-14(28)25-13-6-10(5-12(20)24-13)8-26-17(30)27(16(29)18(26,2)3)15-7-11(9-31-15)19(21,22)23/h5-7,9H,4,8H2,1-3H3,(H,24,25,28). The lowest BCUT2D eigenvalue weighted by Gasteiger charge is -2.27. The van der Waals surface area contributed by atoms with Crippen LogP contribution in [0.15, 0.2) is 23.6 Å². The van der Waals surface area contributed by atoms with Crippen molar-refractivity contribution in [3.8, 4) is 0 Å². The molecule has 0 aromatic carbocycles. The number of nitrogens with zero attached hydrogens (tertiary/aromatic N) is 3. The average molecular weight is 475 g/mol. The fourth-order valence-electron chi connectivity index (χ4n) is 3.01. The smallest absolute Gasteiger partial charge is 0.311 e. The molecule has 0 radical (unpaired) electrons. The molecule has 2 aromatic rings. The maximum absolute atomic E-state index is 13.0. The average Bonchev–Trinajstić information content (AvgIpc) is 3.20. The first-order valence-corrected chi connectivity index (χ1v) is 10.4. The van der Waals surface area contributed by atoms with Gasteiger partial charge in [0.2, 0.25) is 5.91 Å². The van der Waals surface area contributed by atoms with Gasteiger partial charge in [0.15, 0.2) is 0 Å². The molecule has 1 aliphatic heterocycles. The van der Waals surface area contributed by atoms with Crippen LogP contribution in [0.25, 0.3) is 0 Å². The number of hydrogen-bond donors (Lipinski definition) is 1. The van der Waals surface area contributed by atoms with Gasteiger partial charge in [0.05, 0.1) is 5.56 Å². The van der Waals surface area contributed by atoms with E-state index in [0.717, 1.165) is 16.3 Å². The van der Waals surface area contributed by atoms with Crippen molar-refractivity contribution in [3.63, 3.8) is 0 Å². The number of halogens is 4. The fourth-order valence-corrected chi connectivity index (χ4v) is 4.15. The molecule has 1 N–H and O–H groups in total. The Morgan fingerprint density at radius 1 is 1.26 bits per heavy atom. The topological polar surface area (TPSA) is 82.6 Å². The summed E-state index contributed by atoms with van der Waals surface area (Å²) in [5.74, 6) is -0.736. The SMILES string of the molecule is CCC(=O)Nc1cc(CN2C(=O)N(c3cc(C(F)(F)F)cs3)C(=O)C2(C)C)cc(Cl)n1. The Hall–Kier alpha value is -2.66. The monoisotopic (exact) mass is 474 g/mol. The highest BCUT2D eigenvalue weighted by molar-refractivity contribution is 7.14. The quantitative estimate of drug-likeness (QED) is 0.493. The second-order valence-electron chi connectivity index (χ2n) is 7.32. The third-order valence-electron chi connectivity index (χ3n) is 4.74. The molecule has 0 spiro atoms. The number of imide groups is 1. The number of carbonyl (C=O) groups is 3. The van der Waals surface area contributed by atoms with Gasteiger partial charge in [0.1, 0.15) is 21.5 Å². The van der Waals surface area contributed by atoms with Gasteiger partial charge in [-0.05, 0) is 37.6 Å². The Bertz CT molecular complexity index is 1050. The molecule has 0 atom stereocenters. The Kier molecular flexibility index (Phi) is 6.03. The van der Waals surface area contributed by atoms with Crippen LogP contribution in [0.5, 0.6) is 0 Å². The van der Waals surface area contributed by atoms with Crippen molar-refractivity contribution >= 4 is 51.6 Å². The minimum absolute atomic E-state index is 0.0667. The van der Waals surface area contributed by atoms with Gasteiger partial charge < -0.3 is 10.2 Å². The Morgan fingerprint density at radius 3 is 2.52 bits per heavy atom. The van der Waals surface area contributed by atoms with E-state index in [9.17, 15) is 27.6 Å². The molecule has 166 valence electrons. The first-order valence-electron chi connectivity index (χ1n) is 9.12. The van der Waals surface area contributed by atoms with Gasteiger partial charge in [-0.25, -0.2) is 14.7 Å². The minimum atomic E-state index is -4.58. The van der Waals surface area contributed by atoms with E-state index in [1.54, 1.807) is 6.92 Å². The van der Waals surface area contributed by atoms with E-state index in [2.05, 4.69) is 10.3 Å². The zero-order chi connectivity index (χ0) is 23.1.